The molecule has 1 saturated heterocycles. The minimum Gasteiger partial charge on any atom is -0.458 e. The number of carbonyl (C=O) groups excluding carboxylic acids is 2. The number of allylic oxidation sites excluding steroid dienone is 1. The molecule has 0 bridgehead atoms. The fourth-order valence-electron chi connectivity index (χ4n) is 3.89. The fraction of sp³-hybridized carbons (Fsp3) is 0.600. The molecule has 0 N–H and O–H groups in total. The van der Waals surface area contributed by atoms with Crippen LogP contribution in [-0.4, -0.2) is 17.9 Å². The Morgan fingerprint density at radius 2 is 2.00 bits per heavy atom. The Morgan fingerprint density at radius 1 is 1.28 bits per heavy atom. The summed E-state index contributed by atoms with van der Waals surface area (Å²) in [5.41, 5.74) is 1.66. The van der Waals surface area contributed by atoms with Crippen LogP contribution < -0.4 is 0 Å². The lowest BCUT2D eigenvalue weighted by atomic mass is 9.78. The van der Waals surface area contributed by atoms with E-state index in [9.17, 15) is 9.59 Å². The molecule has 0 radical (unpaired) electrons. The predicted octanol–water partition coefficient (Wildman–Crippen LogP) is 2.28. The number of hydrogen-bond donors (Lipinski definition) is 0. The molecular formula is C15H18O3. The lowest BCUT2D eigenvalue weighted by Gasteiger charge is -2.27. The molecule has 3 nitrogen and oxygen atoms in total. The highest BCUT2D eigenvalue weighted by molar-refractivity contribution is 5.97. The van der Waals surface area contributed by atoms with Crippen molar-refractivity contribution in [2.75, 3.05) is 0 Å². The molecule has 0 spiro atoms. The number of ether oxygens (including phenoxy) is 1. The summed E-state index contributed by atoms with van der Waals surface area (Å²) in [5, 5.41) is 0. The molecule has 0 aromatic rings. The predicted molar refractivity (Wildman–Crippen MR) is 66.7 cm³/mol. The van der Waals surface area contributed by atoms with Gasteiger partial charge in [-0.15, -0.1) is 0 Å². The Bertz CT molecular complexity index is 474. The molecule has 3 rings (SSSR count). The second kappa shape index (κ2) is 3.81. The van der Waals surface area contributed by atoms with Gasteiger partial charge < -0.3 is 4.74 Å². The van der Waals surface area contributed by atoms with Gasteiger partial charge in [0.25, 0.3) is 0 Å². The summed E-state index contributed by atoms with van der Waals surface area (Å²) < 4.78 is 5.51. The number of rotatable bonds is 0. The Balaban J connectivity index is 2.02. The molecule has 1 saturated carbocycles. The van der Waals surface area contributed by atoms with Crippen LogP contribution in [0.2, 0.25) is 0 Å². The van der Waals surface area contributed by atoms with Crippen molar-refractivity contribution >= 4 is 11.8 Å². The highest BCUT2D eigenvalue weighted by Gasteiger charge is 2.52. The van der Waals surface area contributed by atoms with E-state index in [2.05, 4.69) is 13.5 Å². The minimum absolute atomic E-state index is 0.00120. The second-order valence-electron chi connectivity index (χ2n) is 5.90. The third-order valence-electron chi connectivity index (χ3n) is 4.86. The molecule has 0 aromatic heterocycles. The van der Waals surface area contributed by atoms with E-state index in [1.807, 2.05) is 6.92 Å². The molecule has 18 heavy (non-hydrogen) atoms. The molecule has 3 aliphatic rings. The van der Waals surface area contributed by atoms with Crippen molar-refractivity contribution in [1.82, 2.24) is 0 Å². The SMILES string of the molecule is C=C1C(=O)O[C@H]2[C@@H]3C(C)=CC(=O)[C@H]3[C@@H](C)CC[C@@H]12. The number of esters is 1. The van der Waals surface area contributed by atoms with Gasteiger partial charge in [-0.25, -0.2) is 4.79 Å². The van der Waals surface area contributed by atoms with Gasteiger partial charge in [-0.3, -0.25) is 4.79 Å². The van der Waals surface area contributed by atoms with Crippen molar-refractivity contribution in [3.63, 3.8) is 0 Å². The summed E-state index contributed by atoms with van der Waals surface area (Å²) in [6.45, 7) is 7.98. The normalized spacial score (nSPS) is 43.1. The van der Waals surface area contributed by atoms with Crippen LogP contribution in [0.4, 0.5) is 0 Å². The van der Waals surface area contributed by atoms with Crippen LogP contribution in [0.5, 0.6) is 0 Å². The van der Waals surface area contributed by atoms with E-state index in [0.717, 1.165) is 18.4 Å². The average molecular weight is 246 g/mol. The van der Waals surface area contributed by atoms with E-state index in [0.29, 0.717) is 11.5 Å². The van der Waals surface area contributed by atoms with E-state index in [-0.39, 0.29) is 35.6 Å². The van der Waals surface area contributed by atoms with Crippen LogP contribution >= 0.6 is 0 Å². The third kappa shape index (κ3) is 1.43. The van der Waals surface area contributed by atoms with Gasteiger partial charge in [-0.1, -0.05) is 19.1 Å². The van der Waals surface area contributed by atoms with E-state index < -0.39 is 0 Å². The Labute approximate surface area is 107 Å². The van der Waals surface area contributed by atoms with E-state index in [1.54, 1.807) is 6.08 Å². The van der Waals surface area contributed by atoms with Crippen molar-refractivity contribution in [2.45, 2.75) is 32.8 Å². The van der Waals surface area contributed by atoms with E-state index in [4.69, 9.17) is 4.74 Å². The van der Waals surface area contributed by atoms with Crippen LogP contribution in [-0.2, 0) is 14.3 Å². The maximum absolute atomic E-state index is 12.1. The van der Waals surface area contributed by atoms with Crippen LogP contribution in [0, 0.1) is 23.7 Å². The van der Waals surface area contributed by atoms with Crippen LogP contribution in [0.3, 0.4) is 0 Å². The number of fused-ring (bicyclic) bond motifs is 3. The summed E-state index contributed by atoms with van der Waals surface area (Å²) >= 11 is 0. The highest BCUT2D eigenvalue weighted by atomic mass is 16.6. The summed E-state index contributed by atoms with van der Waals surface area (Å²) in [6.07, 6.45) is 3.44. The van der Waals surface area contributed by atoms with Crippen LogP contribution in [0.1, 0.15) is 26.7 Å². The van der Waals surface area contributed by atoms with Gasteiger partial charge in [0.05, 0.1) is 0 Å². The molecule has 96 valence electrons. The number of carbonyl (C=O) groups is 2. The van der Waals surface area contributed by atoms with Gasteiger partial charge in [0.15, 0.2) is 5.78 Å². The van der Waals surface area contributed by atoms with Crippen molar-refractivity contribution in [1.29, 1.82) is 0 Å². The first-order valence-corrected chi connectivity index (χ1v) is 6.62. The standard InChI is InChI=1S/C15H18O3/c1-7-4-5-10-9(3)15(17)18-14(10)13-8(2)6-11(16)12(7)13/h6-7,10,12-14H,3-5H2,1-2H3/t7-,10-,12+,13+,14+/m0/s1. The number of hydrogen-bond acceptors (Lipinski definition) is 3. The molecular weight excluding hydrogens is 228 g/mol. The molecule has 3 heteroatoms. The zero-order valence-electron chi connectivity index (χ0n) is 10.8. The first kappa shape index (κ1) is 11.7. The largest absolute Gasteiger partial charge is 0.458 e. The summed E-state index contributed by atoms with van der Waals surface area (Å²) in [7, 11) is 0. The Morgan fingerprint density at radius 3 is 2.72 bits per heavy atom. The zero-order chi connectivity index (χ0) is 13.0. The molecule has 2 aliphatic carbocycles. The molecule has 1 aliphatic heterocycles. The molecule has 0 amide bonds. The van der Waals surface area contributed by atoms with Gasteiger partial charge in [0.2, 0.25) is 0 Å². The first-order valence-electron chi connectivity index (χ1n) is 6.62. The quantitative estimate of drug-likeness (QED) is 0.486. The number of ketones is 1. The highest BCUT2D eigenvalue weighted by Crippen LogP contribution is 2.49. The molecule has 5 atom stereocenters. The zero-order valence-corrected chi connectivity index (χ0v) is 10.8. The minimum atomic E-state index is -0.273. The first-order chi connectivity index (χ1) is 8.50. The topological polar surface area (TPSA) is 43.4 Å². The molecule has 2 fully saturated rings. The van der Waals surface area contributed by atoms with Gasteiger partial charge >= 0.3 is 5.97 Å². The summed E-state index contributed by atoms with van der Waals surface area (Å²) in [4.78, 5) is 23.8. The van der Waals surface area contributed by atoms with Crippen molar-refractivity contribution in [3.05, 3.63) is 23.8 Å². The maximum Gasteiger partial charge on any atom is 0.334 e. The molecule has 1 heterocycles. The van der Waals surface area contributed by atoms with Crippen LogP contribution in [0.25, 0.3) is 0 Å². The lowest BCUT2D eigenvalue weighted by Crippen LogP contribution is -2.33. The molecule has 0 aromatic carbocycles. The molecule has 0 unspecified atom stereocenters. The monoisotopic (exact) mass is 246 g/mol. The second-order valence-corrected chi connectivity index (χ2v) is 5.90. The smallest absolute Gasteiger partial charge is 0.334 e. The van der Waals surface area contributed by atoms with Gasteiger partial charge in [-0.2, -0.15) is 0 Å². The summed E-state index contributed by atoms with van der Waals surface area (Å²) in [5.74, 6) is 0.462. The van der Waals surface area contributed by atoms with E-state index >= 15 is 0 Å². The summed E-state index contributed by atoms with van der Waals surface area (Å²) in [6, 6.07) is 0. The Hall–Kier alpha value is -1.38. The van der Waals surface area contributed by atoms with Crippen molar-refractivity contribution in [2.24, 2.45) is 23.7 Å². The van der Waals surface area contributed by atoms with Crippen molar-refractivity contribution < 1.29 is 14.3 Å². The van der Waals surface area contributed by atoms with Gasteiger partial charge in [-0.05, 0) is 31.8 Å². The van der Waals surface area contributed by atoms with Crippen molar-refractivity contribution in [3.8, 4) is 0 Å². The fourth-order valence-corrected chi connectivity index (χ4v) is 3.89. The maximum atomic E-state index is 12.1. The average Bonchev–Trinajstić information content (AvgIpc) is 2.68. The van der Waals surface area contributed by atoms with Gasteiger partial charge in [0.1, 0.15) is 6.10 Å². The van der Waals surface area contributed by atoms with E-state index in [1.165, 1.54) is 0 Å². The van der Waals surface area contributed by atoms with Gasteiger partial charge in [0, 0.05) is 23.3 Å². The van der Waals surface area contributed by atoms with Crippen LogP contribution in [0.15, 0.2) is 23.8 Å². The lowest BCUT2D eigenvalue weighted by molar-refractivity contribution is -0.142. The third-order valence-corrected chi connectivity index (χ3v) is 4.86. The Kier molecular flexibility index (Phi) is 2.47.